The average Bonchev–Trinajstić information content (AvgIpc) is 2.44. The molecule has 0 fully saturated rings. The largest absolute Gasteiger partial charge is 0.497 e. The Kier molecular flexibility index (Phi) is 4.93. The van der Waals surface area contributed by atoms with Gasteiger partial charge in [0.25, 0.3) is 0 Å². The van der Waals surface area contributed by atoms with E-state index in [1.807, 2.05) is 24.3 Å². The molecule has 0 aliphatic rings. The third-order valence-corrected chi connectivity index (χ3v) is 3.38. The molecule has 104 valence electrons. The number of nitrogens with one attached hydrogen (secondary N) is 1. The minimum absolute atomic E-state index is 0.132. The van der Waals surface area contributed by atoms with Gasteiger partial charge in [-0.2, -0.15) is 0 Å². The Bertz CT molecular complexity index is 614. The Morgan fingerprint density at radius 2 is 1.95 bits per heavy atom. The van der Waals surface area contributed by atoms with Crippen molar-refractivity contribution in [3.63, 3.8) is 0 Å². The van der Waals surface area contributed by atoms with Gasteiger partial charge >= 0.3 is 0 Å². The van der Waals surface area contributed by atoms with E-state index >= 15 is 0 Å². The molecule has 0 heterocycles. The van der Waals surface area contributed by atoms with Crippen molar-refractivity contribution in [3.05, 3.63) is 53.1 Å². The molecule has 0 radical (unpaired) electrons. The molecule has 0 saturated heterocycles. The molecule has 2 aromatic carbocycles. The molecule has 0 aliphatic carbocycles. The summed E-state index contributed by atoms with van der Waals surface area (Å²) < 4.78 is 5.10. The van der Waals surface area contributed by atoms with E-state index in [-0.39, 0.29) is 12.3 Å². The SMILES string of the molecule is COc1ccc(Cl)c(NC(=O)Cc2ccc(S)cc2)c1. The first-order valence-electron chi connectivity index (χ1n) is 6.00. The van der Waals surface area contributed by atoms with Crippen LogP contribution in [-0.4, -0.2) is 13.0 Å². The van der Waals surface area contributed by atoms with E-state index in [9.17, 15) is 4.79 Å². The van der Waals surface area contributed by atoms with E-state index in [0.717, 1.165) is 10.5 Å². The molecule has 0 aliphatic heterocycles. The predicted octanol–water partition coefficient (Wildman–Crippen LogP) is 3.82. The fourth-order valence-corrected chi connectivity index (χ4v) is 2.03. The molecule has 0 spiro atoms. The highest BCUT2D eigenvalue weighted by atomic mass is 35.5. The molecule has 2 aromatic rings. The highest BCUT2D eigenvalue weighted by Crippen LogP contribution is 2.26. The van der Waals surface area contributed by atoms with Gasteiger partial charge in [0.15, 0.2) is 0 Å². The van der Waals surface area contributed by atoms with Gasteiger partial charge in [-0.15, -0.1) is 12.6 Å². The standard InChI is InChI=1S/C15H14ClNO2S/c1-19-11-4-7-13(16)14(9-11)17-15(18)8-10-2-5-12(20)6-3-10/h2-7,9,20H,8H2,1H3,(H,17,18). The summed E-state index contributed by atoms with van der Waals surface area (Å²) in [4.78, 5) is 12.9. The number of hydrogen-bond donors (Lipinski definition) is 2. The van der Waals surface area contributed by atoms with Gasteiger partial charge in [-0.3, -0.25) is 4.79 Å². The van der Waals surface area contributed by atoms with Crippen molar-refractivity contribution in [1.82, 2.24) is 0 Å². The number of halogens is 1. The number of methoxy groups -OCH3 is 1. The molecule has 20 heavy (non-hydrogen) atoms. The number of amides is 1. The molecule has 2 rings (SSSR count). The van der Waals surface area contributed by atoms with Gasteiger partial charge in [0.1, 0.15) is 5.75 Å². The van der Waals surface area contributed by atoms with Crippen LogP contribution in [0.3, 0.4) is 0 Å². The highest BCUT2D eigenvalue weighted by Gasteiger charge is 2.08. The van der Waals surface area contributed by atoms with Crippen LogP contribution in [0.25, 0.3) is 0 Å². The first kappa shape index (κ1) is 14.8. The van der Waals surface area contributed by atoms with Crippen molar-refractivity contribution >= 4 is 35.8 Å². The van der Waals surface area contributed by atoms with Crippen molar-refractivity contribution in [2.75, 3.05) is 12.4 Å². The molecule has 0 atom stereocenters. The monoisotopic (exact) mass is 307 g/mol. The van der Waals surface area contributed by atoms with Crippen LogP contribution in [0.5, 0.6) is 5.75 Å². The molecular formula is C15H14ClNO2S. The third-order valence-electron chi connectivity index (χ3n) is 2.75. The lowest BCUT2D eigenvalue weighted by molar-refractivity contribution is -0.115. The van der Waals surface area contributed by atoms with E-state index in [1.165, 1.54) is 0 Å². The number of ether oxygens (including phenoxy) is 1. The molecule has 0 saturated carbocycles. The maximum atomic E-state index is 12.0. The maximum absolute atomic E-state index is 12.0. The van der Waals surface area contributed by atoms with Gasteiger partial charge in [-0.1, -0.05) is 23.7 Å². The summed E-state index contributed by atoms with van der Waals surface area (Å²) in [5, 5.41) is 3.25. The number of benzene rings is 2. The second-order valence-electron chi connectivity index (χ2n) is 4.24. The first-order chi connectivity index (χ1) is 9.58. The minimum atomic E-state index is -0.132. The zero-order chi connectivity index (χ0) is 14.5. The molecule has 3 nitrogen and oxygen atoms in total. The summed E-state index contributed by atoms with van der Waals surface area (Å²) in [6, 6.07) is 12.6. The molecule has 0 unspecified atom stereocenters. The second-order valence-corrected chi connectivity index (χ2v) is 5.16. The number of anilines is 1. The summed E-state index contributed by atoms with van der Waals surface area (Å²) in [5.74, 6) is 0.510. The van der Waals surface area contributed by atoms with Crippen LogP contribution < -0.4 is 10.1 Å². The molecule has 1 N–H and O–H groups in total. The number of carbonyl (C=O) groups is 1. The van der Waals surface area contributed by atoms with Crippen molar-refractivity contribution in [2.24, 2.45) is 0 Å². The van der Waals surface area contributed by atoms with E-state index < -0.39 is 0 Å². The van der Waals surface area contributed by atoms with Crippen LogP contribution in [0.1, 0.15) is 5.56 Å². The zero-order valence-electron chi connectivity index (χ0n) is 10.9. The van der Waals surface area contributed by atoms with Crippen molar-refractivity contribution in [3.8, 4) is 5.75 Å². The summed E-state index contributed by atoms with van der Waals surface area (Å²) >= 11 is 10.2. The van der Waals surface area contributed by atoms with Crippen molar-refractivity contribution < 1.29 is 9.53 Å². The van der Waals surface area contributed by atoms with E-state index in [4.69, 9.17) is 16.3 Å². The van der Waals surface area contributed by atoms with Gasteiger partial charge in [-0.05, 0) is 29.8 Å². The Hall–Kier alpha value is -1.65. The van der Waals surface area contributed by atoms with Gasteiger partial charge in [0.2, 0.25) is 5.91 Å². The second kappa shape index (κ2) is 6.68. The van der Waals surface area contributed by atoms with Gasteiger partial charge in [-0.25, -0.2) is 0 Å². The number of carbonyl (C=O) groups excluding carboxylic acids is 1. The van der Waals surface area contributed by atoms with Crippen LogP contribution in [0.15, 0.2) is 47.4 Å². The number of thiol groups is 1. The highest BCUT2D eigenvalue weighted by molar-refractivity contribution is 7.80. The lowest BCUT2D eigenvalue weighted by Gasteiger charge is -2.09. The fourth-order valence-electron chi connectivity index (χ4n) is 1.72. The molecule has 0 aromatic heterocycles. The maximum Gasteiger partial charge on any atom is 0.228 e. The van der Waals surface area contributed by atoms with E-state index in [2.05, 4.69) is 17.9 Å². The van der Waals surface area contributed by atoms with Crippen molar-refractivity contribution in [2.45, 2.75) is 11.3 Å². The summed E-state index contributed by atoms with van der Waals surface area (Å²) in [5.41, 5.74) is 1.46. The first-order valence-corrected chi connectivity index (χ1v) is 6.82. The van der Waals surface area contributed by atoms with Crippen LogP contribution in [0.4, 0.5) is 5.69 Å². The van der Waals surface area contributed by atoms with Gasteiger partial charge < -0.3 is 10.1 Å². The number of hydrogen-bond acceptors (Lipinski definition) is 3. The predicted molar refractivity (Wildman–Crippen MR) is 84.0 cm³/mol. The lowest BCUT2D eigenvalue weighted by atomic mass is 10.1. The lowest BCUT2D eigenvalue weighted by Crippen LogP contribution is -2.14. The quantitative estimate of drug-likeness (QED) is 0.843. The summed E-state index contributed by atoms with van der Waals surface area (Å²) in [6.45, 7) is 0. The van der Waals surface area contributed by atoms with Crippen molar-refractivity contribution in [1.29, 1.82) is 0 Å². The minimum Gasteiger partial charge on any atom is -0.497 e. The molecule has 0 bridgehead atoms. The molecule has 1 amide bonds. The van der Waals surface area contributed by atoms with Crippen LogP contribution in [0, 0.1) is 0 Å². The average molecular weight is 308 g/mol. The zero-order valence-corrected chi connectivity index (χ0v) is 12.5. The van der Waals surface area contributed by atoms with E-state index in [1.54, 1.807) is 25.3 Å². The number of rotatable bonds is 4. The Morgan fingerprint density at radius 3 is 2.60 bits per heavy atom. The van der Waals surface area contributed by atoms with Gasteiger partial charge in [0.05, 0.1) is 24.2 Å². The smallest absolute Gasteiger partial charge is 0.228 e. The fraction of sp³-hybridized carbons (Fsp3) is 0.133. The van der Waals surface area contributed by atoms with Gasteiger partial charge in [0, 0.05) is 11.0 Å². The normalized spacial score (nSPS) is 10.2. The molecule has 5 heteroatoms. The topological polar surface area (TPSA) is 38.3 Å². The van der Waals surface area contributed by atoms with Crippen LogP contribution in [0.2, 0.25) is 5.02 Å². The Labute approximate surface area is 128 Å². The van der Waals surface area contributed by atoms with E-state index in [0.29, 0.717) is 16.5 Å². The van der Waals surface area contributed by atoms with Crippen LogP contribution >= 0.6 is 24.2 Å². The Balaban J connectivity index is 2.06. The summed E-state index contributed by atoms with van der Waals surface area (Å²) in [6.07, 6.45) is 0.279. The summed E-state index contributed by atoms with van der Waals surface area (Å²) in [7, 11) is 1.56. The Morgan fingerprint density at radius 1 is 1.25 bits per heavy atom. The van der Waals surface area contributed by atoms with Crippen LogP contribution in [-0.2, 0) is 11.2 Å². The molecular weight excluding hydrogens is 294 g/mol. The third kappa shape index (κ3) is 3.92.